The third kappa shape index (κ3) is 6.38. The summed E-state index contributed by atoms with van der Waals surface area (Å²) < 4.78 is 5.33. The summed E-state index contributed by atoms with van der Waals surface area (Å²) in [6, 6.07) is 2.10. The van der Waals surface area contributed by atoms with Gasteiger partial charge in [-0.2, -0.15) is 0 Å². The van der Waals surface area contributed by atoms with Gasteiger partial charge in [0.25, 0.3) is 0 Å². The van der Waals surface area contributed by atoms with E-state index in [1.807, 2.05) is 0 Å². The molecule has 11 heteroatoms. The van der Waals surface area contributed by atoms with E-state index in [-0.39, 0.29) is 41.9 Å². The fourth-order valence-corrected chi connectivity index (χ4v) is 3.45. The molecule has 29 heavy (non-hydrogen) atoms. The molecule has 3 amide bonds. The molecule has 1 heterocycles. The predicted octanol–water partition coefficient (Wildman–Crippen LogP) is 1.92. The van der Waals surface area contributed by atoms with Gasteiger partial charge >= 0.3 is 6.09 Å². The summed E-state index contributed by atoms with van der Waals surface area (Å²) in [5.41, 5.74) is 11.1. The average Bonchev–Trinajstić information content (AvgIpc) is 2.56. The average molecular weight is 446 g/mol. The smallest absolute Gasteiger partial charge is 0.410 e. The number of nitrogens with zero attached hydrogens (tertiary/aromatic N) is 2. The lowest BCUT2D eigenvalue weighted by molar-refractivity contribution is -0.127. The second kappa shape index (κ2) is 9.06. The number of halogens is 2. The summed E-state index contributed by atoms with van der Waals surface area (Å²) in [7, 11) is 0. The van der Waals surface area contributed by atoms with Crippen LogP contribution in [0.4, 0.5) is 16.2 Å². The van der Waals surface area contributed by atoms with E-state index >= 15 is 0 Å². The molecule has 1 aromatic carbocycles. The van der Waals surface area contributed by atoms with E-state index in [1.165, 1.54) is 17.0 Å². The fourth-order valence-electron chi connectivity index (χ4n) is 2.85. The normalized spacial score (nSPS) is 17.7. The van der Waals surface area contributed by atoms with Crippen LogP contribution < -0.4 is 16.8 Å². The molecule has 0 bridgehead atoms. The largest absolute Gasteiger partial charge is 0.444 e. The second-order valence-electron chi connectivity index (χ2n) is 7.72. The third-order valence-electron chi connectivity index (χ3n) is 4.15. The molecule has 1 aromatic rings. The van der Waals surface area contributed by atoms with E-state index in [0.717, 1.165) is 0 Å². The maximum atomic E-state index is 12.5. The first-order valence-electron chi connectivity index (χ1n) is 8.93. The van der Waals surface area contributed by atoms with Crippen LogP contribution in [0.3, 0.4) is 0 Å². The lowest BCUT2D eigenvalue weighted by Crippen LogP contribution is -2.60. The van der Waals surface area contributed by atoms with E-state index < -0.39 is 29.6 Å². The third-order valence-corrected chi connectivity index (χ3v) is 4.74. The lowest BCUT2D eigenvalue weighted by atomic mass is 10.1. The van der Waals surface area contributed by atoms with Crippen molar-refractivity contribution in [1.29, 1.82) is 0 Å². The van der Waals surface area contributed by atoms with Crippen LogP contribution in [0, 0.1) is 0 Å². The van der Waals surface area contributed by atoms with Crippen molar-refractivity contribution >= 4 is 52.5 Å². The minimum atomic E-state index is -0.834. The van der Waals surface area contributed by atoms with Gasteiger partial charge < -0.3 is 26.4 Å². The minimum absolute atomic E-state index is 0.0287. The summed E-state index contributed by atoms with van der Waals surface area (Å²) in [6.45, 7) is 5.71. The van der Waals surface area contributed by atoms with Gasteiger partial charge in [-0.3, -0.25) is 14.5 Å². The predicted molar refractivity (Wildman–Crippen MR) is 112 cm³/mol. The highest BCUT2D eigenvalue weighted by Crippen LogP contribution is 2.32. The van der Waals surface area contributed by atoms with E-state index in [1.54, 1.807) is 25.7 Å². The highest BCUT2D eigenvalue weighted by molar-refractivity contribution is 6.40. The molecular formula is C18H25Cl2N5O4. The van der Waals surface area contributed by atoms with Crippen molar-refractivity contribution in [2.24, 2.45) is 5.73 Å². The molecule has 5 N–H and O–H groups in total. The minimum Gasteiger partial charge on any atom is -0.444 e. The number of amides is 3. The number of carbonyl (C=O) groups is 3. The highest BCUT2D eigenvalue weighted by Gasteiger charge is 2.35. The van der Waals surface area contributed by atoms with Gasteiger partial charge in [0.2, 0.25) is 11.8 Å². The molecule has 9 nitrogen and oxygen atoms in total. The number of hydrogen-bond donors (Lipinski definition) is 3. The number of nitrogens with one attached hydrogen (secondary N) is 1. The topological polar surface area (TPSA) is 131 Å². The van der Waals surface area contributed by atoms with E-state index in [0.29, 0.717) is 5.69 Å². The fraction of sp³-hybridized carbons (Fsp3) is 0.500. The zero-order valence-corrected chi connectivity index (χ0v) is 18.0. The number of rotatable bonds is 4. The first-order valence-corrected chi connectivity index (χ1v) is 9.68. The number of benzene rings is 1. The molecule has 0 aromatic heterocycles. The van der Waals surface area contributed by atoms with Crippen molar-refractivity contribution in [1.82, 2.24) is 9.80 Å². The zero-order valence-electron chi connectivity index (χ0n) is 16.5. The molecule has 1 aliphatic heterocycles. The van der Waals surface area contributed by atoms with Crippen LogP contribution in [0.15, 0.2) is 12.1 Å². The van der Waals surface area contributed by atoms with Gasteiger partial charge in [-0.15, -0.1) is 0 Å². The van der Waals surface area contributed by atoms with Crippen molar-refractivity contribution in [3.05, 3.63) is 22.2 Å². The van der Waals surface area contributed by atoms with Gasteiger partial charge in [0.15, 0.2) is 0 Å². The Kier molecular flexibility index (Phi) is 7.20. The van der Waals surface area contributed by atoms with E-state index in [2.05, 4.69) is 5.32 Å². The Morgan fingerprint density at radius 1 is 1.21 bits per heavy atom. The molecule has 0 spiro atoms. The Bertz CT molecular complexity index is 789. The molecule has 0 radical (unpaired) electrons. The second-order valence-corrected chi connectivity index (χ2v) is 8.54. The van der Waals surface area contributed by atoms with Gasteiger partial charge in [-0.25, -0.2) is 4.79 Å². The van der Waals surface area contributed by atoms with Crippen molar-refractivity contribution in [3.63, 3.8) is 0 Å². The van der Waals surface area contributed by atoms with Crippen LogP contribution in [0.25, 0.3) is 0 Å². The SMILES string of the molecule is CC(C)(C)OC(=O)N1CCN(CC(=O)Nc2c(Cl)cc(N)cc2Cl)C(C(N)=O)C1. The van der Waals surface area contributed by atoms with Crippen LogP contribution in [-0.4, -0.2) is 65.5 Å². The van der Waals surface area contributed by atoms with Crippen LogP contribution in [-0.2, 0) is 14.3 Å². The molecule has 1 saturated heterocycles. The van der Waals surface area contributed by atoms with Crippen molar-refractivity contribution in [3.8, 4) is 0 Å². The number of carbonyl (C=O) groups excluding carboxylic acids is 3. The first kappa shape index (κ1) is 23.1. The van der Waals surface area contributed by atoms with Crippen LogP contribution in [0.5, 0.6) is 0 Å². The molecule has 1 atom stereocenters. The Labute approximate surface area is 179 Å². The van der Waals surface area contributed by atoms with Crippen molar-refractivity contribution < 1.29 is 19.1 Å². The molecule has 1 unspecified atom stereocenters. The maximum Gasteiger partial charge on any atom is 0.410 e. The van der Waals surface area contributed by atoms with Gasteiger partial charge in [0.05, 0.1) is 22.3 Å². The van der Waals surface area contributed by atoms with Gasteiger partial charge in [-0.05, 0) is 32.9 Å². The number of piperazine rings is 1. The Hall–Kier alpha value is -2.23. The molecule has 0 aliphatic carbocycles. The molecular weight excluding hydrogens is 421 g/mol. The van der Waals surface area contributed by atoms with Crippen LogP contribution in [0.1, 0.15) is 20.8 Å². The molecule has 160 valence electrons. The molecule has 1 fully saturated rings. The number of nitrogen functional groups attached to an aromatic ring is 1. The van der Waals surface area contributed by atoms with Gasteiger partial charge in [0.1, 0.15) is 11.6 Å². The standard InChI is InChI=1S/C18H25Cl2N5O4/c1-18(2,3)29-17(28)25-5-4-24(13(8-25)16(22)27)9-14(26)23-15-11(19)6-10(21)7-12(15)20/h6-7,13H,4-5,8-9,21H2,1-3H3,(H2,22,27)(H,23,26). The van der Waals surface area contributed by atoms with Crippen LogP contribution in [0.2, 0.25) is 10.0 Å². The number of ether oxygens (including phenoxy) is 1. The summed E-state index contributed by atoms with van der Waals surface area (Å²) in [5, 5.41) is 3.02. The highest BCUT2D eigenvalue weighted by atomic mass is 35.5. The number of anilines is 2. The van der Waals surface area contributed by atoms with Gasteiger partial charge in [-0.1, -0.05) is 23.2 Å². The molecule has 0 saturated carbocycles. The summed E-state index contributed by atoms with van der Waals surface area (Å²) in [6.07, 6.45) is -0.534. The quantitative estimate of drug-likeness (QED) is 0.606. The summed E-state index contributed by atoms with van der Waals surface area (Å²) >= 11 is 12.2. The van der Waals surface area contributed by atoms with Crippen molar-refractivity contribution in [2.45, 2.75) is 32.4 Å². The first-order chi connectivity index (χ1) is 13.4. The van der Waals surface area contributed by atoms with E-state index in [9.17, 15) is 14.4 Å². The Balaban J connectivity index is 2.04. The molecule has 1 aliphatic rings. The van der Waals surface area contributed by atoms with Gasteiger partial charge in [0, 0.05) is 25.3 Å². The molecule has 2 rings (SSSR count). The number of hydrogen-bond acceptors (Lipinski definition) is 6. The van der Waals surface area contributed by atoms with Crippen LogP contribution >= 0.6 is 23.2 Å². The summed E-state index contributed by atoms with van der Waals surface area (Å²) in [5.74, 6) is -1.08. The lowest BCUT2D eigenvalue weighted by Gasteiger charge is -2.39. The monoisotopic (exact) mass is 445 g/mol. The zero-order chi connectivity index (χ0) is 21.9. The van der Waals surface area contributed by atoms with E-state index in [4.69, 9.17) is 39.4 Å². The number of nitrogens with two attached hydrogens (primary N) is 2. The Morgan fingerprint density at radius 2 is 1.79 bits per heavy atom. The number of primary amides is 1. The maximum absolute atomic E-state index is 12.5. The Morgan fingerprint density at radius 3 is 2.31 bits per heavy atom. The summed E-state index contributed by atoms with van der Waals surface area (Å²) in [4.78, 5) is 39.7. The van der Waals surface area contributed by atoms with Crippen molar-refractivity contribution in [2.75, 3.05) is 37.2 Å².